The average Bonchev–Trinajstić information content (AvgIpc) is 2.54. The summed E-state index contributed by atoms with van der Waals surface area (Å²) in [4.78, 5) is 12.3. The van der Waals surface area contributed by atoms with Crippen molar-refractivity contribution >= 4 is 5.91 Å². The molecule has 0 saturated heterocycles. The SMILES string of the molecule is Cc1ccc([C@H](C)NC(=O)COc2ccccc2C(C)(C)C)cc1C. The van der Waals surface area contributed by atoms with Gasteiger partial charge in [0.15, 0.2) is 6.61 Å². The van der Waals surface area contributed by atoms with E-state index in [4.69, 9.17) is 4.74 Å². The van der Waals surface area contributed by atoms with Gasteiger partial charge in [-0.25, -0.2) is 0 Å². The van der Waals surface area contributed by atoms with Crippen molar-refractivity contribution in [3.8, 4) is 5.75 Å². The van der Waals surface area contributed by atoms with Gasteiger partial charge < -0.3 is 10.1 Å². The molecular formula is C22H29NO2. The van der Waals surface area contributed by atoms with Crippen LogP contribution in [0.5, 0.6) is 5.75 Å². The molecule has 0 aromatic heterocycles. The number of aryl methyl sites for hydroxylation is 2. The van der Waals surface area contributed by atoms with Crippen molar-refractivity contribution in [2.75, 3.05) is 6.61 Å². The highest BCUT2D eigenvalue weighted by Crippen LogP contribution is 2.30. The van der Waals surface area contributed by atoms with Gasteiger partial charge in [0.05, 0.1) is 6.04 Å². The van der Waals surface area contributed by atoms with E-state index in [9.17, 15) is 4.79 Å². The first kappa shape index (κ1) is 19.0. The largest absolute Gasteiger partial charge is 0.483 e. The first-order valence-electron chi connectivity index (χ1n) is 8.77. The quantitative estimate of drug-likeness (QED) is 0.845. The van der Waals surface area contributed by atoms with Gasteiger partial charge in [-0.05, 0) is 54.5 Å². The van der Waals surface area contributed by atoms with E-state index in [1.807, 2.05) is 31.2 Å². The molecule has 0 spiro atoms. The number of para-hydroxylation sites is 1. The maximum Gasteiger partial charge on any atom is 0.258 e. The van der Waals surface area contributed by atoms with Crippen LogP contribution in [0, 0.1) is 13.8 Å². The second-order valence-corrected chi connectivity index (χ2v) is 7.67. The molecule has 0 fully saturated rings. The molecule has 1 N–H and O–H groups in total. The minimum absolute atomic E-state index is 0.0161. The highest BCUT2D eigenvalue weighted by molar-refractivity contribution is 5.78. The van der Waals surface area contributed by atoms with Gasteiger partial charge in [0.1, 0.15) is 5.75 Å². The predicted octanol–water partition coefficient (Wildman–Crippen LogP) is 4.86. The standard InChI is InChI=1S/C22H29NO2/c1-15-11-12-18(13-16(15)2)17(3)23-21(24)14-25-20-10-8-7-9-19(20)22(4,5)6/h7-13,17H,14H2,1-6H3,(H,23,24)/t17-/m0/s1. The molecule has 1 atom stereocenters. The van der Waals surface area contributed by atoms with Crippen LogP contribution in [0.4, 0.5) is 0 Å². The van der Waals surface area contributed by atoms with E-state index in [0.717, 1.165) is 16.9 Å². The van der Waals surface area contributed by atoms with Gasteiger partial charge in [0.2, 0.25) is 0 Å². The minimum atomic E-state index is -0.116. The van der Waals surface area contributed by atoms with Crippen molar-refractivity contribution in [2.45, 2.75) is 53.0 Å². The van der Waals surface area contributed by atoms with E-state index in [1.54, 1.807) is 0 Å². The molecule has 0 saturated carbocycles. The van der Waals surface area contributed by atoms with E-state index in [-0.39, 0.29) is 24.0 Å². The molecule has 2 aromatic rings. The average molecular weight is 339 g/mol. The third kappa shape index (κ3) is 5.09. The highest BCUT2D eigenvalue weighted by Gasteiger charge is 2.19. The molecule has 25 heavy (non-hydrogen) atoms. The molecular weight excluding hydrogens is 310 g/mol. The number of hydrogen-bond acceptors (Lipinski definition) is 2. The summed E-state index contributed by atoms with van der Waals surface area (Å²) in [5, 5.41) is 3.01. The molecule has 3 heteroatoms. The van der Waals surface area contributed by atoms with Gasteiger partial charge >= 0.3 is 0 Å². The Hall–Kier alpha value is -2.29. The Bertz CT molecular complexity index is 744. The predicted molar refractivity (Wildman–Crippen MR) is 103 cm³/mol. The van der Waals surface area contributed by atoms with Crippen molar-refractivity contribution in [1.29, 1.82) is 0 Å². The van der Waals surface area contributed by atoms with E-state index < -0.39 is 0 Å². The lowest BCUT2D eigenvalue weighted by Gasteiger charge is -2.23. The van der Waals surface area contributed by atoms with Crippen LogP contribution in [0.15, 0.2) is 42.5 Å². The summed E-state index contributed by atoms with van der Waals surface area (Å²) in [5.74, 6) is 0.651. The first-order chi connectivity index (χ1) is 11.7. The first-order valence-corrected chi connectivity index (χ1v) is 8.77. The molecule has 0 aliphatic rings. The zero-order valence-corrected chi connectivity index (χ0v) is 16.1. The minimum Gasteiger partial charge on any atom is -0.483 e. The monoisotopic (exact) mass is 339 g/mol. The van der Waals surface area contributed by atoms with Gasteiger partial charge in [0, 0.05) is 0 Å². The van der Waals surface area contributed by atoms with Crippen molar-refractivity contribution in [3.05, 3.63) is 64.7 Å². The number of hydrogen-bond donors (Lipinski definition) is 1. The molecule has 0 aliphatic carbocycles. The lowest BCUT2D eigenvalue weighted by Crippen LogP contribution is -2.31. The molecule has 0 heterocycles. The zero-order valence-electron chi connectivity index (χ0n) is 16.1. The van der Waals surface area contributed by atoms with Crippen LogP contribution >= 0.6 is 0 Å². The maximum absolute atomic E-state index is 12.3. The Kier molecular flexibility index (Phi) is 5.89. The van der Waals surface area contributed by atoms with Gasteiger partial charge in [-0.2, -0.15) is 0 Å². The summed E-state index contributed by atoms with van der Waals surface area (Å²) in [7, 11) is 0. The van der Waals surface area contributed by atoms with Crippen molar-refractivity contribution < 1.29 is 9.53 Å². The zero-order chi connectivity index (χ0) is 18.6. The number of rotatable bonds is 5. The topological polar surface area (TPSA) is 38.3 Å². The Balaban J connectivity index is 1.98. The molecule has 0 aliphatic heterocycles. The van der Waals surface area contributed by atoms with Gasteiger partial charge in [-0.3, -0.25) is 4.79 Å². The van der Waals surface area contributed by atoms with Gasteiger partial charge in [-0.15, -0.1) is 0 Å². The molecule has 3 nitrogen and oxygen atoms in total. The number of benzene rings is 2. The molecule has 0 radical (unpaired) electrons. The van der Waals surface area contributed by atoms with E-state index >= 15 is 0 Å². The van der Waals surface area contributed by atoms with Crippen LogP contribution in [0.25, 0.3) is 0 Å². The number of nitrogens with one attached hydrogen (secondary N) is 1. The van der Waals surface area contributed by atoms with E-state index in [0.29, 0.717) is 0 Å². The lowest BCUT2D eigenvalue weighted by molar-refractivity contribution is -0.123. The fourth-order valence-electron chi connectivity index (χ4n) is 2.76. The summed E-state index contributed by atoms with van der Waals surface area (Å²) in [6, 6.07) is 14.1. The summed E-state index contributed by atoms with van der Waals surface area (Å²) < 4.78 is 5.79. The Morgan fingerprint density at radius 1 is 1.08 bits per heavy atom. The molecule has 134 valence electrons. The molecule has 2 aromatic carbocycles. The summed E-state index contributed by atoms with van der Waals surface area (Å²) >= 11 is 0. The van der Waals surface area contributed by atoms with Crippen LogP contribution in [0.3, 0.4) is 0 Å². The van der Waals surface area contributed by atoms with Crippen LogP contribution in [0.1, 0.15) is 56.0 Å². The van der Waals surface area contributed by atoms with Crippen LogP contribution < -0.4 is 10.1 Å². The number of ether oxygens (including phenoxy) is 1. The Labute approximate surface area is 151 Å². The van der Waals surface area contributed by atoms with E-state index in [2.05, 4.69) is 58.1 Å². The van der Waals surface area contributed by atoms with Gasteiger partial charge in [-0.1, -0.05) is 57.2 Å². The van der Waals surface area contributed by atoms with Gasteiger partial charge in [0.25, 0.3) is 5.91 Å². The maximum atomic E-state index is 12.3. The number of carbonyl (C=O) groups excluding carboxylic acids is 1. The number of amides is 1. The van der Waals surface area contributed by atoms with Crippen LogP contribution in [0.2, 0.25) is 0 Å². The molecule has 0 unspecified atom stereocenters. The fraction of sp³-hybridized carbons (Fsp3) is 0.409. The molecule has 2 rings (SSSR count). The van der Waals surface area contributed by atoms with Crippen LogP contribution in [-0.2, 0) is 10.2 Å². The van der Waals surface area contributed by atoms with Crippen molar-refractivity contribution in [2.24, 2.45) is 0 Å². The summed E-state index contributed by atoms with van der Waals surface area (Å²) in [6.07, 6.45) is 0. The Morgan fingerprint density at radius 3 is 2.40 bits per heavy atom. The Morgan fingerprint density at radius 2 is 1.76 bits per heavy atom. The molecule has 0 bridgehead atoms. The number of carbonyl (C=O) groups is 1. The fourth-order valence-corrected chi connectivity index (χ4v) is 2.76. The second-order valence-electron chi connectivity index (χ2n) is 7.67. The summed E-state index contributed by atoms with van der Waals surface area (Å²) in [6.45, 7) is 12.6. The van der Waals surface area contributed by atoms with Crippen LogP contribution in [-0.4, -0.2) is 12.5 Å². The van der Waals surface area contributed by atoms with Crippen molar-refractivity contribution in [3.63, 3.8) is 0 Å². The summed E-state index contributed by atoms with van der Waals surface area (Å²) in [5.41, 5.74) is 4.66. The normalized spacial score (nSPS) is 12.6. The second kappa shape index (κ2) is 7.73. The third-order valence-corrected chi connectivity index (χ3v) is 4.46. The smallest absolute Gasteiger partial charge is 0.258 e. The van der Waals surface area contributed by atoms with E-state index in [1.165, 1.54) is 11.1 Å². The highest BCUT2D eigenvalue weighted by atomic mass is 16.5. The van der Waals surface area contributed by atoms with Crippen molar-refractivity contribution in [1.82, 2.24) is 5.32 Å². The lowest BCUT2D eigenvalue weighted by atomic mass is 9.86. The molecule has 1 amide bonds. The third-order valence-electron chi connectivity index (χ3n) is 4.46.